The van der Waals surface area contributed by atoms with Crippen molar-refractivity contribution in [3.05, 3.63) is 29.6 Å². The summed E-state index contributed by atoms with van der Waals surface area (Å²) >= 11 is 0. The first-order valence-corrected chi connectivity index (χ1v) is 6.09. The van der Waals surface area contributed by atoms with Gasteiger partial charge in [0.1, 0.15) is 5.60 Å². The summed E-state index contributed by atoms with van der Waals surface area (Å²) < 4.78 is 5.56. The second kappa shape index (κ2) is 3.80. The fourth-order valence-electron chi connectivity index (χ4n) is 2.96. The number of carbonyl (C=O) groups is 2. The zero-order chi connectivity index (χ0) is 12.8. The summed E-state index contributed by atoms with van der Waals surface area (Å²) in [5.41, 5.74) is 6.20. The van der Waals surface area contributed by atoms with Crippen LogP contribution in [0.3, 0.4) is 0 Å². The number of hydrogen-bond acceptors (Lipinski definition) is 4. The van der Waals surface area contributed by atoms with E-state index in [1.165, 1.54) is 0 Å². The molecule has 2 aliphatic rings. The maximum absolute atomic E-state index is 11.8. The Morgan fingerprint density at radius 1 is 1.44 bits per heavy atom. The van der Waals surface area contributed by atoms with E-state index in [9.17, 15) is 9.59 Å². The number of aromatic nitrogens is 1. The van der Waals surface area contributed by atoms with E-state index in [4.69, 9.17) is 10.5 Å². The lowest BCUT2D eigenvalue weighted by atomic mass is 9.75. The Hall–Kier alpha value is -1.91. The van der Waals surface area contributed by atoms with Crippen LogP contribution >= 0.6 is 0 Å². The molecule has 18 heavy (non-hydrogen) atoms. The lowest BCUT2D eigenvalue weighted by Gasteiger charge is -2.35. The van der Waals surface area contributed by atoms with E-state index in [0.29, 0.717) is 31.2 Å². The average Bonchev–Trinajstić information content (AvgIpc) is 2.64. The van der Waals surface area contributed by atoms with Gasteiger partial charge in [-0.3, -0.25) is 9.78 Å². The minimum absolute atomic E-state index is 0.102. The molecule has 1 aromatic heterocycles. The normalized spacial score (nSPS) is 30.0. The second-order valence-corrected chi connectivity index (χ2v) is 4.98. The molecule has 0 unspecified atom stereocenters. The van der Waals surface area contributed by atoms with Gasteiger partial charge in [-0.05, 0) is 31.7 Å². The number of carbonyl (C=O) groups excluding carboxylic acids is 2. The van der Waals surface area contributed by atoms with Crippen LogP contribution in [0.4, 0.5) is 0 Å². The quantitative estimate of drug-likeness (QED) is 0.753. The molecule has 3 rings (SSSR count). The van der Waals surface area contributed by atoms with Crippen molar-refractivity contribution in [2.45, 2.75) is 31.3 Å². The minimum atomic E-state index is -0.577. The number of nitrogens with two attached hydrogens (primary N) is 1. The van der Waals surface area contributed by atoms with Crippen LogP contribution in [0.2, 0.25) is 0 Å². The van der Waals surface area contributed by atoms with Crippen molar-refractivity contribution >= 4 is 11.9 Å². The Morgan fingerprint density at radius 3 is 2.83 bits per heavy atom. The molecule has 2 N–H and O–H groups in total. The summed E-state index contributed by atoms with van der Waals surface area (Å²) in [5, 5.41) is 0. The van der Waals surface area contributed by atoms with Crippen LogP contribution in [-0.4, -0.2) is 16.9 Å². The molecular weight excluding hydrogens is 232 g/mol. The molecule has 94 valence electrons. The standard InChI is InChI=1S/C13H14N2O3/c14-11(16)8-1-4-13(5-2-8)10-7-15-6-3-9(10)12(17)18-13/h3,6-8H,1-2,4-5H2,(H2,14,16). The molecule has 0 aromatic carbocycles. The zero-order valence-electron chi connectivity index (χ0n) is 9.89. The molecule has 5 heteroatoms. The number of esters is 1. The minimum Gasteiger partial charge on any atom is -0.450 e. The smallest absolute Gasteiger partial charge is 0.339 e. The number of pyridine rings is 1. The van der Waals surface area contributed by atoms with E-state index in [1.807, 2.05) is 0 Å². The highest BCUT2D eigenvalue weighted by Gasteiger charge is 2.48. The highest BCUT2D eigenvalue weighted by Crippen LogP contribution is 2.47. The third kappa shape index (κ3) is 1.50. The predicted octanol–water partition coefficient (Wildman–Crippen LogP) is 1.12. The third-order valence-corrected chi connectivity index (χ3v) is 4.02. The van der Waals surface area contributed by atoms with Crippen molar-refractivity contribution in [1.29, 1.82) is 0 Å². The number of nitrogens with zero attached hydrogens (tertiary/aromatic N) is 1. The number of fused-ring (bicyclic) bond motifs is 2. The van der Waals surface area contributed by atoms with Gasteiger partial charge in [0, 0.05) is 23.9 Å². The summed E-state index contributed by atoms with van der Waals surface area (Å²) in [7, 11) is 0. The van der Waals surface area contributed by atoms with Crippen molar-refractivity contribution in [2.24, 2.45) is 11.7 Å². The van der Waals surface area contributed by atoms with Crippen LogP contribution < -0.4 is 5.73 Å². The summed E-state index contributed by atoms with van der Waals surface area (Å²) in [5.74, 6) is -0.652. The molecule has 1 saturated carbocycles. The Morgan fingerprint density at radius 2 is 2.17 bits per heavy atom. The maximum atomic E-state index is 11.8. The van der Waals surface area contributed by atoms with E-state index < -0.39 is 5.60 Å². The fraction of sp³-hybridized carbons (Fsp3) is 0.462. The molecule has 1 amide bonds. The van der Waals surface area contributed by atoms with Gasteiger partial charge in [-0.25, -0.2) is 4.79 Å². The predicted molar refractivity (Wildman–Crippen MR) is 62.5 cm³/mol. The van der Waals surface area contributed by atoms with Gasteiger partial charge in [-0.2, -0.15) is 0 Å². The Kier molecular flexibility index (Phi) is 2.36. The van der Waals surface area contributed by atoms with Gasteiger partial charge in [-0.1, -0.05) is 0 Å². The van der Waals surface area contributed by atoms with Crippen molar-refractivity contribution in [3.63, 3.8) is 0 Å². The number of hydrogen-bond donors (Lipinski definition) is 1. The van der Waals surface area contributed by atoms with Crippen LogP contribution in [0.1, 0.15) is 41.6 Å². The lowest BCUT2D eigenvalue weighted by molar-refractivity contribution is -0.124. The number of primary amides is 1. The third-order valence-electron chi connectivity index (χ3n) is 4.02. The molecule has 1 aliphatic carbocycles. The van der Waals surface area contributed by atoms with Gasteiger partial charge in [-0.15, -0.1) is 0 Å². The van der Waals surface area contributed by atoms with Crippen LogP contribution in [0.15, 0.2) is 18.5 Å². The van der Waals surface area contributed by atoms with E-state index in [2.05, 4.69) is 4.98 Å². The van der Waals surface area contributed by atoms with Crippen molar-refractivity contribution in [2.75, 3.05) is 0 Å². The van der Waals surface area contributed by atoms with Crippen LogP contribution in [-0.2, 0) is 15.1 Å². The van der Waals surface area contributed by atoms with Gasteiger partial charge in [0.05, 0.1) is 5.56 Å². The van der Waals surface area contributed by atoms with E-state index >= 15 is 0 Å². The molecular formula is C13H14N2O3. The molecule has 5 nitrogen and oxygen atoms in total. The molecule has 1 fully saturated rings. The van der Waals surface area contributed by atoms with Crippen molar-refractivity contribution in [1.82, 2.24) is 4.98 Å². The summed E-state index contributed by atoms with van der Waals surface area (Å²) in [4.78, 5) is 27.1. The van der Waals surface area contributed by atoms with Crippen LogP contribution in [0.5, 0.6) is 0 Å². The molecule has 0 radical (unpaired) electrons. The second-order valence-electron chi connectivity index (χ2n) is 4.98. The van der Waals surface area contributed by atoms with Gasteiger partial charge in [0.2, 0.25) is 5.91 Å². The molecule has 1 aliphatic heterocycles. The van der Waals surface area contributed by atoms with E-state index in [1.54, 1.807) is 18.5 Å². The molecule has 0 bridgehead atoms. The van der Waals surface area contributed by atoms with Gasteiger partial charge < -0.3 is 10.5 Å². The van der Waals surface area contributed by atoms with Crippen LogP contribution in [0, 0.1) is 5.92 Å². The topological polar surface area (TPSA) is 82.3 Å². The molecule has 0 atom stereocenters. The first-order chi connectivity index (χ1) is 8.62. The van der Waals surface area contributed by atoms with Crippen molar-refractivity contribution in [3.8, 4) is 0 Å². The molecule has 1 spiro atoms. The van der Waals surface area contributed by atoms with E-state index in [0.717, 1.165) is 5.56 Å². The molecule has 1 aromatic rings. The average molecular weight is 246 g/mol. The fourth-order valence-corrected chi connectivity index (χ4v) is 2.96. The van der Waals surface area contributed by atoms with Gasteiger partial charge >= 0.3 is 5.97 Å². The number of rotatable bonds is 1. The highest BCUT2D eigenvalue weighted by molar-refractivity contribution is 5.94. The Balaban J connectivity index is 1.91. The molecule has 0 saturated heterocycles. The van der Waals surface area contributed by atoms with E-state index in [-0.39, 0.29) is 17.8 Å². The van der Waals surface area contributed by atoms with Crippen LogP contribution in [0.25, 0.3) is 0 Å². The summed E-state index contributed by atoms with van der Waals surface area (Å²) in [6, 6.07) is 1.69. The number of amides is 1. The van der Waals surface area contributed by atoms with Gasteiger partial charge in [0.25, 0.3) is 0 Å². The summed E-state index contributed by atoms with van der Waals surface area (Å²) in [6.07, 6.45) is 5.91. The summed E-state index contributed by atoms with van der Waals surface area (Å²) in [6.45, 7) is 0. The molecule has 2 heterocycles. The number of ether oxygens (including phenoxy) is 1. The van der Waals surface area contributed by atoms with Gasteiger partial charge in [0.15, 0.2) is 0 Å². The monoisotopic (exact) mass is 246 g/mol. The zero-order valence-corrected chi connectivity index (χ0v) is 9.89. The highest BCUT2D eigenvalue weighted by atomic mass is 16.6. The first-order valence-electron chi connectivity index (χ1n) is 6.09. The Bertz CT molecular complexity index is 519. The first kappa shape index (κ1) is 11.2. The lowest BCUT2D eigenvalue weighted by Crippen LogP contribution is -2.36. The largest absolute Gasteiger partial charge is 0.450 e. The van der Waals surface area contributed by atoms with Crippen molar-refractivity contribution < 1.29 is 14.3 Å². The Labute approximate surface area is 104 Å². The maximum Gasteiger partial charge on any atom is 0.339 e. The SMILES string of the molecule is NC(=O)C1CCC2(CC1)OC(=O)c1ccncc12.